The Morgan fingerprint density at radius 3 is 2.76 bits per heavy atom. The molecule has 1 atom stereocenters. The molecular formula is C11H19N3O3. The van der Waals surface area contributed by atoms with Crippen molar-refractivity contribution in [1.82, 2.24) is 9.55 Å². The second-order valence-electron chi connectivity index (χ2n) is 3.76. The molecule has 1 heterocycles. The average molecular weight is 241 g/mol. The van der Waals surface area contributed by atoms with E-state index in [2.05, 4.69) is 9.72 Å². The van der Waals surface area contributed by atoms with Crippen molar-refractivity contribution in [3.63, 3.8) is 0 Å². The maximum absolute atomic E-state index is 11.4. The molecule has 0 fully saturated rings. The lowest BCUT2D eigenvalue weighted by Gasteiger charge is -2.14. The number of nitrogens with two attached hydrogens (primary N) is 1. The van der Waals surface area contributed by atoms with Crippen LogP contribution in [0.15, 0.2) is 0 Å². The topological polar surface area (TPSA) is 79.4 Å². The summed E-state index contributed by atoms with van der Waals surface area (Å²) in [4.78, 5) is 15.5. The number of carbonyl (C=O) groups excluding carboxylic acids is 1. The van der Waals surface area contributed by atoms with Crippen molar-refractivity contribution < 1.29 is 14.3 Å². The van der Waals surface area contributed by atoms with Gasteiger partial charge in [-0.1, -0.05) is 0 Å². The lowest BCUT2D eigenvalue weighted by Crippen LogP contribution is -2.19. The second-order valence-corrected chi connectivity index (χ2v) is 3.76. The number of rotatable bonds is 5. The van der Waals surface area contributed by atoms with Gasteiger partial charge < -0.3 is 19.8 Å². The Kier molecular flexibility index (Phi) is 4.51. The summed E-state index contributed by atoms with van der Waals surface area (Å²) in [6, 6.07) is 0. The molecule has 0 bridgehead atoms. The van der Waals surface area contributed by atoms with Crippen LogP contribution in [-0.4, -0.2) is 35.3 Å². The van der Waals surface area contributed by atoms with E-state index in [4.69, 9.17) is 10.5 Å². The van der Waals surface area contributed by atoms with E-state index in [1.807, 2.05) is 13.8 Å². The lowest BCUT2D eigenvalue weighted by molar-refractivity contribution is 0.0592. The molecule has 6 heteroatoms. The van der Waals surface area contributed by atoms with Crippen LogP contribution in [0.1, 0.15) is 30.2 Å². The molecule has 0 radical (unpaired) electrons. The highest BCUT2D eigenvalue weighted by atomic mass is 16.5. The van der Waals surface area contributed by atoms with Gasteiger partial charge in [-0.05, 0) is 20.8 Å². The van der Waals surface area contributed by atoms with E-state index < -0.39 is 5.97 Å². The minimum absolute atomic E-state index is 0.0145. The first-order valence-corrected chi connectivity index (χ1v) is 5.53. The predicted molar refractivity (Wildman–Crippen MR) is 63.8 cm³/mol. The van der Waals surface area contributed by atoms with Crippen molar-refractivity contribution in [3.05, 3.63) is 11.5 Å². The van der Waals surface area contributed by atoms with Gasteiger partial charge in [0, 0.05) is 6.61 Å². The number of nitrogen functional groups attached to an aromatic ring is 1. The number of aryl methyl sites for hydroxylation is 1. The molecule has 6 nitrogen and oxygen atoms in total. The largest absolute Gasteiger partial charge is 0.464 e. The van der Waals surface area contributed by atoms with E-state index >= 15 is 0 Å². The van der Waals surface area contributed by atoms with Gasteiger partial charge in [0.2, 0.25) is 0 Å². The van der Waals surface area contributed by atoms with Crippen LogP contribution in [0.3, 0.4) is 0 Å². The summed E-state index contributed by atoms with van der Waals surface area (Å²) in [5.41, 5.74) is 6.03. The third-order valence-corrected chi connectivity index (χ3v) is 2.47. The number of hydrogen-bond donors (Lipinski definition) is 1. The van der Waals surface area contributed by atoms with Crippen LogP contribution in [0.5, 0.6) is 0 Å². The van der Waals surface area contributed by atoms with Crippen molar-refractivity contribution in [3.8, 4) is 0 Å². The number of ether oxygens (including phenoxy) is 2. The quantitative estimate of drug-likeness (QED) is 0.777. The van der Waals surface area contributed by atoms with Gasteiger partial charge in [0.1, 0.15) is 11.6 Å². The van der Waals surface area contributed by atoms with E-state index in [0.717, 1.165) is 0 Å². The zero-order chi connectivity index (χ0) is 13.0. The molecule has 0 spiro atoms. The average Bonchev–Trinajstić information content (AvgIpc) is 2.56. The molecule has 0 saturated carbocycles. The molecule has 1 rings (SSSR count). The van der Waals surface area contributed by atoms with Crippen molar-refractivity contribution in [2.75, 3.05) is 19.5 Å². The normalized spacial score (nSPS) is 12.5. The minimum Gasteiger partial charge on any atom is -0.464 e. The Balaban J connectivity index is 2.93. The van der Waals surface area contributed by atoms with Gasteiger partial charge in [-0.25, -0.2) is 9.78 Å². The molecular weight excluding hydrogens is 222 g/mol. The fourth-order valence-corrected chi connectivity index (χ4v) is 1.65. The molecule has 1 aromatic heterocycles. The Morgan fingerprint density at radius 1 is 1.59 bits per heavy atom. The fraction of sp³-hybridized carbons (Fsp3) is 0.636. The Hall–Kier alpha value is -1.56. The van der Waals surface area contributed by atoms with Gasteiger partial charge in [0.15, 0.2) is 5.69 Å². The zero-order valence-electron chi connectivity index (χ0n) is 10.7. The van der Waals surface area contributed by atoms with Gasteiger partial charge in [-0.2, -0.15) is 0 Å². The molecule has 1 aromatic rings. The number of nitrogens with zero attached hydrogens (tertiary/aromatic N) is 2. The van der Waals surface area contributed by atoms with Crippen molar-refractivity contribution >= 4 is 11.8 Å². The summed E-state index contributed by atoms with van der Waals surface area (Å²) >= 11 is 0. The predicted octanol–water partition coefficient (Wildman–Crippen LogP) is 0.985. The number of carbonyl (C=O) groups is 1. The third-order valence-electron chi connectivity index (χ3n) is 2.47. The van der Waals surface area contributed by atoms with Crippen LogP contribution in [-0.2, 0) is 16.0 Å². The summed E-state index contributed by atoms with van der Waals surface area (Å²) in [5, 5.41) is 0. The smallest absolute Gasteiger partial charge is 0.360 e. The molecule has 96 valence electrons. The second kappa shape index (κ2) is 5.67. The highest BCUT2D eigenvalue weighted by molar-refractivity contribution is 5.92. The fourth-order valence-electron chi connectivity index (χ4n) is 1.65. The zero-order valence-corrected chi connectivity index (χ0v) is 10.7. The molecule has 17 heavy (non-hydrogen) atoms. The number of hydrogen-bond acceptors (Lipinski definition) is 5. The number of aromatic nitrogens is 2. The Morgan fingerprint density at radius 2 is 2.24 bits per heavy atom. The highest BCUT2D eigenvalue weighted by Crippen LogP contribution is 2.16. The van der Waals surface area contributed by atoms with Crippen molar-refractivity contribution in [1.29, 1.82) is 0 Å². The summed E-state index contributed by atoms with van der Waals surface area (Å²) in [5.74, 6) is 0.476. The summed E-state index contributed by atoms with van der Waals surface area (Å²) < 4.78 is 11.8. The molecule has 0 aliphatic rings. The third kappa shape index (κ3) is 2.97. The van der Waals surface area contributed by atoms with Gasteiger partial charge >= 0.3 is 5.97 Å². The Bertz CT molecular complexity index is 401. The van der Waals surface area contributed by atoms with Crippen LogP contribution in [0.2, 0.25) is 0 Å². The summed E-state index contributed by atoms with van der Waals surface area (Å²) in [6.45, 7) is 6.87. The number of anilines is 1. The number of methoxy groups -OCH3 is 1. The van der Waals surface area contributed by atoms with Crippen LogP contribution in [0.25, 0.3) is 0 Å². The Labute approximate surface area is 101 Å². The molecule has 1 unspecified atom stereocenters. The highest BCUT2D eigenvalue weighted by Gasteiger charge is 2.20. The molecule has 0 saturated heterocycles. The van der Waals surface area contributed by atoms with Gasteiger partial charge in [0.05, 0.1) is 19.8 Å². The molecule has 0 amide bonds. The standard InChI is InChI=1S/C11H19N3O3/c1-5-17-7(2)6-14-8(3)13-9(10(14)12)11(15)16-4/h7H,5-6,12H2,1-4H3. The van der Waals surface area contributed by atoms with Crippen LogP contribution in [0.4, 0.5) is 5.82 Å². The minimum atomic E-state index is -0.520. The number of imidazole rings is 1. The van der Waals surface area contributed by atoms with E-state index in [-0.39, 0.29) is 11.8 Å². The maximum atomic E-state index is 11.4. The molecule has 2 N–H and O–H groups in total. The SMILES string of the molecule is CCOC(C)Cn1c(C)nc(C(=O)OC)c1N. The monoisotopic (exact) mass is 241 g/mol. The van der Waals surface area contributed by atoms with Crippen LogP contribution < -0.4 is 5.73 Å². The first kappa shape index (κ1) is 13.5. The molecule has 0 aliphatic heterocycles. The molecule has 0 aromatic carbocycles. The van der Waals surface area contributed by atoms with Crippen molar-refractivity contribution in [2.45, 2.75) is 33.4 Å². The molecule has 0 aliphatic carbocycles. The van der Waals surface area contributed by atoms with Crippen LogP contribution >= 0.6 is 0 Å². The van der Waals surface area contributed by atoms with E-state index in [0.29, 0.717) is 24.8 Å². The summed E-state index contributed by atoms with van der Waals surface area (Å²) in [7, 11) is 1.30. The number of esters is 1. The van der Waals surface area contributed by atoms with Crippen molar-refractivity contribution in [2.24, 2.45) is 0 Å². The first-order valence-electron chi connectivity index (χ1n) is 5.53. The van der Waals surface area contributed by atoms with Gasteiger partial charge in [0.25, 0.3) is 0 Å². The lowest BCUT2D eigenvalue weighted by atomic mass is 10.3. The first-order chi connectivity index (χ1) is 8.01. The van der Waals surface area contributed by atoms with E-state index in [9.17, 15) is 4.79 Å². The van der Waals surface area contributed by atoms with E-state index in [1.165, 1.54) is 7.11 Å². The van der Waals surface area contributed by atoms with E-state index in [1.54, 1.807) is 11.5 Å². The maximum Gasteiger partial charge on any atom is 0.360 e. The van der Waals surface area contributed by atoms with Crippen LogP contribution in [0, 0.1) is 6.92 Å². The van der Waals surface area contributed by atoms with Gasteiger partial charge in [-0.15, -0.1) is 0 Å². The van der Waals surface area contributed by atoms with Gasteiger partial charge in [-0.3, -0.25) is 0 Å². The summed E-state index contributed by atoms with van der Waals surface area (Å²) in [6.07, 6.45) is 0.0145.